The lowest BCUT2D eigenvalue weighted by atomic mass is 10.1. The summed E-state index contributed by atoms with van der Waals surface area (Å²) in [6.07, 6.45) is 4.67. The molecule has 0 aromatic carbocycles. The second-order valence-corrected chi connectivity index (χ2v) is 9.57. The molecule has 1 aliphatic carbocycles. The van der Waals surface area contributed by atoms with Crippen molar-refractivity contribution in [3.05, 3.63) is 21.8 Å². The van der Waals surface area contributed by atoms with Gasteiger partial charge in [0.25, 0.3) is 0 Å². The summed E-state index contributed by atoms with van der Waals surface area (Å²) in [6, 6.07) is 0. The van der Waals surface area contributed by atoms with Gasteiger partial charge in [0.2, 0.25) is 5.91 Å². The smallest absolute Gasteiger partial charge is 0.348 e. The number of rotatable bonds is 10. The van der Waals surface area contributed by atoms with Crippen molar-refractivity contribution in [3.63, 3.8) is 0 Å². The van der Waals surface area contributed by atoms with Gasteiger partial charge < -0.3 is 19.4 Å². The normalized spacial score (nSPS) is 13.8. The average molecular weight is 495 g/mol. The Hall–Kier alpha value is -2.40. The van der Waals surface area contributed by atoms with Crippen LogP contribution in [-0.2, 0) is 20.8 Å². The van der Waals surface area contributed by atoms with Crippen LogP contribution in [-0.4, -0.2) is 51.6 Å². The van der Waals surface area contributed by atoms with Crippen molar-refractivity contribution < 1.29 is 23.9 Å². The van der Waals surface area contributed by atoms with E-state index in [1.165, 1.54) is 24.6 Å². The van der Waals surface area contributed by atoms with E-state index in [1.54, 1.807) is 20.8 Å². The third-order valence-electron chi connectivity index (χ3n) is 5.45. The Kier molecular flexibility index (Phi) is 8.90. The zero-order chi connectivity index (χ0) is 24.0. The topological polar surface area (TPSA) is 112 Å². The first-order chi connectivity index (χ1) is 15.9. The van der Waals surface area contributed by atoms with Crippen LogP contribution in [0.25, 0.3) is 0 Å². The van der Waals surface area contributed by atoms with E-state index in [0.29, 0.717) is 16.6 Å². The third-order valence-corrected chi connectivity index (χ3v) is 7.61. The summed E-state index contributed by atoms with van der Waals surface area (Å²) in [5.74, 6) is 0.0954. The van der Waals surface area contributed by atoms with Crippen LogP contribution in [0.5, 0.6) is 0 Å². The van der Waals surface area contributed by atoms with Crippen molar-refractivity contribution in [1.29, 1.82) is 0 Å². The molecule has 0 bridgehead atoms. The number of hydrogen-bond acceptors (Lipinski definition) is 9. The summed E-state index contributed by atoms with van der Waals surface area (Å²) in [5, 5.41) is 12.5. The second-order valence-electron chi connectivity index (χ2n) is 7.60. The van der Waals surface area contributed by atoms with Crippen molar-refractivity contribution >= 4 is 45.9 Å². The molecule has 0 spiro atoms. The number of amides is 1. The molecule has 0 aliphatic heterocycles. The fraction of sp³-hybridized carbons (Fsp3) is 0.591. The highest BCUT2D eigenvalue weighted by atomic mass is 32.2. The maximum atomic E-state index is 12.7. The highest BCUT2D eigenvalue weighted by molar-refractivity contribution is 7.99. The van der Waals surface area contributed by atoms with Crippen molar-refractivity contribution in [2.45, 2.75) is 71.0 Å². The molecule has 1 N–H and O–H groups in total. The van der Waals surface area contributed by atoms with E-state index in [1.807, 2.05) is 6.92 Å². The summed E-state index contributed by atoms with van der Waals surface area (Å²) in [5.41, 5.74) is 0.621. The number of hydrogen-bond donors (Lipinski definition) is 1. The second kappa shape index (κ2) is 11.6. The summed E-state index contributed by atoms with van der Waals surface area (Å²) in [4.78, 5) is 37.8. The predicted molar refractivity (Wildman–Crippen MR) is 127 cm³/mol. The Morgan fingerprint density at radius 3 is 2.39 bits per heavy atom. The van der Waals surface area contributed by atoms with Crippen molar-refractivity contribution in [1.82, 2.24) is 14.8 Å². The number of esters is 2. The molecule has 1 fully saturated rings. The monoisotopic (exact) mass is 494 g/mol. The maximum absolute atomic E-state index is 12.7. The van der Waals surface area contributed by atoms with Gasteiger partial charge in [-0.15, -0.1) is 21.5 Å². The molecule has 33 heavy (non-hydrogen) atoms. The molecule has 1 saturated carbocycles. The van der Waals surface area contributed by atoms with Crippen LogP contribution in [0.2, 0.25) is 0 Å². The zero-order valence-electron chi connectivity index (χ0n) is 19.4. The van der Waals surface area contributed by atoms with E-state index in [2.05, 4.69) is 20.1 Å². The van der Waals surface area contributed by atoms with Gasteiger partial charge in [-0.2, -0.15) is 0 Å². The van der Waals surface area contributed by atoms with E-state index in [0.717, 1.165) is 36.5 Å². The molecule has 2 heterocycles. The van der Waals surface area contributed by atoms with Crippen LogP contribution in [0, 0.1) is 6.92 Å². The van der Waals surface area contributed by atoms with Crippen LogP contribution < -0.4 is 5.32 Å². The fourth-order valence-electron chi connectivity index (χ4n) is 3.92. The molecule has 0 unspecified atom stereocenters. The number of thioether (sulfide) groups is 1. The van der Waals surface area contributed by atoms with Crippen LogP contribution in [0.4, 0.5) is 5.00 Å². The number of ether oxygens (including phenoxy) is 2. The van der Waals surface area contributed by atoms with E-state index < -0.39 is 11.9 Å². The first-order valence-electron chi connectivity index (χ1n) is 11.2. The molecule has 1 amide bonds. The van der Waals surface area contributed by atoms with Gasteiger partial charge in [0.05, 0.1) is 24.5 Å². The summed E-state index contributed by atoms with van der Waals surface area (Å²) < 4.78 is 12.3. The number of thiophene rings is 1. The molecule has 2 aromatic heterocycles. The molecule has 0 atom stereocenters. The molecule has 3 rings (SSSR count). The lowest BCUT2D eigenvalue weighted by Gasteiger charge is -2.11. The zero-order valence-corrected chi connectivity index (χ0v) is 21.1. The molecule has 0 saturated heterocycles. The maximum Gasteiger partial charge on any atom is 0.348 e. The Morgan fingerprint density at radius 1 is 1.09 bits per heavy atom. The highest BCUT2D eigenvalue weighted by Crippen LogP contribution is 2.36. The summed E-state index contributed by atoms with van der Waals surface area (Å²) in [7, 11) is 0. The highest BCUT2D eigenvalue weighted by Gasteiger charge is 2.28. The number of anilines is 1. The van der Waals surface area contributed by atoms with Gasteiger partial charge in [-0.25, -0.2) is 9.59 Å². The van der Waals surface area contributed by atoms with Crippen LogP contribution in [0.3, 0.4) is 0 Å². The Balaban J connectivity index is 1.74. The largest absolute Gasteiger partial charge is 0.462 e. The Bertz CT molecular complexity index is 1010. The quantitative estimate of drug-likeness (QED) is 0.382. The predicted octanol–water partition coefficient (Wildman–Crippen LogP) is 4.41. The van der Waals surface area contributed by atoms with Gasteiger partial charge in [0, 0.05) is 12.5 Å². The van der Waals surface area contributed by atoms with Crippen LogP contribution in [0.1, 0.15) is 83.8 Å². The molecular formula is C22H30N4O5S2. The number of nitrogens with one attached hydrogen (secondary N) is 1. The van der Waals surface area contributed by atoms with E-state index >= 15 is 0 Å². The van der Waals surface area contributed by atoms with Crippen molar-refractivity contribution in [2.75, 3.05) is 24.3 Å². The summed E-state index contributed by atoms with van der Waals surface area (Å²) in [6.45, 7) is 8.23. The van der Waals surface area contributed by atoms with Gasteiger partial charge in [-0.05, 0) is 46.1 Å². The molecule has 2 aromatic rings. The molecule has 9 nitrogen and oxygen atoms in total. The molecular weight excluding hydrogens is 464 g/mol. The van der Waals surface area contributed by atoms with Gasteiger partial charge in [-0.1, -0.05) is 24.6 Å². The van der Waals surface area contributed by atoms with Crippen molar-refractivity contribution in [3.8, 4) is 0 Å². The Labute approximate surface area is 201 Å². The van der Waals surface area contributed by atoms with E-state index in [4.69, 9.17) is 9.47 Å². The SMILES string of the molecule is CCOC(=O)c1sc(NC(=O)CSc2nnc(C3CCCC3)n2CC)c(C(=O)OCC)c1C. The van der Waals surface area contributed by atoms with Crippen molar-refractivity contribution in [2.24, 2.45) is 0 Å². The molecule has 1 aliphatic rings. The Morgan fingerprint density at radius 2 is 1.76 bits per heavy atom. The molecule has 0 radical (unpaired) electrons. The van der Waals surface area contributed by atoms with Gasteiger partial charge in [-0.3, -0.25) is 4.79 Å². The van der Waals surface area contributed by atoms with Crippen LogP contribution in [0.15, 0.2) is 5.16 Å². The minimum atomic E-state index is -0.586. The number of carbonyl (C=O) groups excluding carboxylic acids is 3. The average Bonchev–Trinajstić information content (AvgIpc) is 3.51. The van der Waals surface area contributed by atoms with Gasteiger partial charge in [0.15, 0.2) is 5.16 Å². The number of carbonyl (C=O) groups is 3. The van der Waals surface area contributed by atoms with Crippen LogP contribution >= 0.6 is 23.1 Å². The van der Waals surface area contributed by atoms with Gasteiger partial charge >= 0.3 is 11.9 Å². The lowest BCUT2D eigenvalue weighted by Crippen LogP contribution is -2.17. The first-order valence-corrected chi connectivity index (χ1v) is 13.0. The lowest BCUT2D eigenvalue weighted by molar-refractivity contribution is -0.113. The molecule has 180 valence electrons. The first kappa shape index (κ1) is 25.2. The molecule has 11 heteroatoms. The van der Waals surface area contributed by atoms with E-state index in [9.17, 15) is 14.4 Å². The summed E-state index contributed by atoms with van der Waals surface area (Å²) >= 11 is 2.32. The number of aromatic nitrogens is 3. The third kappa shape index (κ3) is 5.75. The minimum absolute atomic E-state index is 0.0940. The standard InChI is InChI=1S/C22H30N4O5S2/c1-5-26-18(14-10-8-9-11-14)24-25-22(26)32-12-15(27)23-19-16(20(28)30-6-2)13(4)17(33-19)21(29)31-7-3/h14H,5-12H2,1-4H3,(H,23,27). The number of nitrogens with zero attached hydrogens (tertiary/aromatic N) is 3. The van der Waals surface area contributed by atoms with Gasteiger partial charge in [0.1, 0.15) is 15.7 Å². The fourth-order valence-corrected chi connectivity index (χ4v) is 5.84. The minimum Gasteiger partial charge on any atom is -0.462 e. The van der Waals surface area contributed by atoms with E-state index in [-0.39, 0.29) is 40.3 Å².